The summed E-state index contributed by atoms with van der Waals surface area (Å²) in [5, 5.41) is 9.73. The van der Waals surface area contributed by atoms with Crippen molar-refractivity contribution >= 4 is 189 Å². The van der Waals surface area contributed by atoms with Gasteiger partial charge in [0.05, 0.1) is 5.69 Å². The van der Waals surface area contributed by atoms with E-state index in [0.717, 1.165) is 65.0 Å². The van der Waals surface area contributed by atoms with Gasteiger partial charge in [-0.05, 0) is 72.6 Å². The van der Waals surface area contributed by atoms with E-state index < -0.39 is 0 Å². The molecule has 0 amide bonds. The lowest BCUT2D eigenvalue weighted by Gasteiger charge is -2.37. The van der Waals surface area contributed by atoms with E-state index in [1.165, 1.54) is 0 Å². The minimum absolute atomic E-state index is 0.137. The van der Waals surface area contributed by atoms with Crippen LogP contribution in [0.1, 0.15) is 0 Å². The Morgan fingerprint density at radius 3 is 1.32 bits per heavy atom. The summed E-state index contributed by atoms with van der Waals surface area (Å²) in [7, 11) is 58.0. The van der Waals surface area contributed by atoms with Crippen LogP contribution in [0.15, 0.2) is 156 Å². The van der Waals surface area contributed by atoms with E-state index in [9.17, 15) is 0 Å². The number of rotatable bonds is 5. The SMILES string of the molecule is [B]c1c([B])c(N(c2c([B])c([B])c(-c3cccc4c3oc3ccccc34)c([B])c2[B])c2cc3ccccc3c3ccccc23)c([B])c([B])c1-c1cc2ccccc2c2ccccc12. The van der Waals surface area contributed by atoms with Crippen LogP contribution in [0.2, 0.25) is 0 Å². The molecule has 1 heterocycles. The van der Waals surface area contributed by atoms with Gasteiger partial charge in [0.25, 0.3) is 0 Å². The van der Waals surface area contributed by atoms with Crippen molar-refractivity contribution in [1.29, 1.82) is 0 Å². The zero-order valence-corrected chi connectivity index (χ0v) is 33.4. The minimum Gasteiger partial charge on any atom is -0.455 e. The minimum atomic E-state index is 0.137. The number of hydrogen-bond acceptors (Lipinski definition) is 2. The van der Waals surface area contributed by atoms with Gasteiger partial charge < -0.3 is 9.32 Å². The van der Waals surface area contributed by atoms with Crippen molar-refractivity contribution in [3.63, 3.8) is 0 Å². The number of nitrogens with zero attached hydrogens (tertiary/aromatic N) is 1. The molecule has 0 fully saturated rings. The second-order valence-corrected chi connectivity index (χ2v) is 15.7. The number of anilines is 3. The first kappa shape index (κ1) is 38.3. The Labute approximate surface area is 370 Å². The third-order valence-electron chi connectivity index (χ3n) is 12.4. The first-order valence-corrected chi connectivity index (χ1v) is 20.2. The molecule has 0 spiro atoms. The van der Waals surface area contributed by atoms with E-state index in [1.54, 1.807) is 0 Å². The second-order valence-electron chi connectivity index (χ2n) is 15.7. The van der Waals surface area contributed by atoms with E-state index in [1.807, 2.05) is 120 Å². The monoisotopic (exact) mass is 767 g/mol. The molecule has 0 atom stereocenters. The zero-order chi connectivity index (χ0) is 42.6. The van der Waals surface area contributed by atoms with Gasteiger partial charge in [-0.2, -0.15) is 0 Å². The number of fused-ring (bicyclic) bond motifs is 9. The van der Waals surface area contributed by atoms with Crippen molar-refractivity contribution in [2.45, 2.75) is 0 Å². The second kappa shape index (κ2) is 14.5. The van der Waals surface area contributed by atoms with Crippen LogP contribution in [-0.4, -0.2) is 62.8 Å². The third kappa shape index (κ3) is 5.55. The van der Waals surface area contributed by atoms with Gasteiger partial charge in [-0.3, -0.25) is 0 Å². The van der Waals surface area contributed by atoms with Gasteiger partial charge in [0.1, 0.15) is 73.9 Å². The summed E-state index contributed by atoms with van der Waals surface area (Å²) in [5.74, 6) is 0. The van der Waals surface area contributed by atoms with Gasteiger partial charge in [-0.1, -0.05) is 177 Å². The average Bonchev–Trinajstić information content (AvgIpc) is 3.69. The maximum atomic E-state index is 7.32. The van der Waals surface area contributed by atoms with Crippen LogP contribution in [0.3, 0.4) is 0 Å². The lowest BCUT2D eigenvalue weighted by atomic mass is 9.62. The van der Waals surface area contributed by atoms with Gasteiger partial charge in [0.2, 0.25) is 0 Å². The van der Waals surface area contributed by atoms with Crippen molar-refractivity contribution in [3.8, 4) is 22.3 Å². The van der Waals surface area contributed by atoms with Gasteiger partial charge in [-0.25, -0.2) is 0 Å². The smallest absolute Gasteiger partial charge is 0.143 e. The summed E-state index contributed by atoms with van der Waals surface area (Å²) < 4.78 is 6.43. The Bertz CT molecular complexity index is 3650. The fourth-order valence-electron chi connectivity index (χ4n) is 9.47. The van der Waals surface area contributed by atoms with Gasteiger partial charge in [0.15, 0.2) is 0 Å². The Morgan fingerprint density at radius 1 is 0.323 bits per heavy atom. The van der Waals surface area contributed by atoms with Crippen molar-refractivity contribution in [2.24, 2.45) is 0 Å². The highest BCUT2D eigenvalue weighted by atomic mass is 16.3. The predicted molar refractivity (Wildman–Crippen MR) is 272 cm³/mol. The van der Waals surface area contributed by atoms with Crippen LogP contribution in [0.25, 0.3) is 87.3 Å². The molecule has 0 N–H and O–H groups in total. The Hall–Kier alpha value is -6.64. The lowest BCUT2D eigenvalue weighted by Crippen LogP contribution is -2.50. The van der Waals surface area contributed by atoms with E-state index in [2.05, 4.69) is 36.4 Å². The molecule has 0 aliphatic carbocycles. The molecular weight excluding hydrogens is 741 g/mol. The first-order chi connectivity index (χ1) is 30.1. The van der Waals surface area contributed by atoms with Crippen molar-refractivity contribution in [1.82, 2.24) is 0 Å². The molecule has 2 nitrogen and oxygen atoms in total. The summed E-state index contributed by atoms with van der Waals surface area (Å²) in [6.45, 7) is 0. The fourth-order valence-corrected chi connectivity index (χ4v) is 9.47. The Kier molecular flexibility index (Phi) is 8.95. The molecule has 0 bridgehead atoms. The quantitative estimate of drug-likeness (QED) is 0.174. The molecule has 0 saturated carbocycles. The van der Waals surface area contributed by atoms with E-state index in [4.69, 9.17) is 67.2 Å². The topological polar surface area (TPSA) is 16.4 Å². The normalized spacial score (nSPS) is 11.7. The molecule has 1 aromatic heterocycles. The van der Waals surface area contributed by atoms with Crippen LogP contribution < -0.4 is 48.6 Å². The Morgan fingerprint density at radius 2 is 0.742 bits per heavy atom. The standard InChI is InChI=1S/C52H25B8NO/c53-42-40(36-22-11-21-35-34-20-9-10-23-39(34)62-52(35)36)43(54)47(58)50(46(42)57)61(38-25-27-13-2-4-15-29(27)31-17-7-8-19-33(31)38)51-48(59)44(55)41(45(56)49(51)60)37-24-26-12-1-3-14-28(26)30-16-5-6-18-32(30)37/h1-25H. The number of benzene rings is 10. The molecular formula is C52H25B8NO. The highest BCUT2D eigenvalue weighted by Crippen LogP contribution is 2.41. The van der Waals surface area contributed by atoms with Crippen LogP contribution >= 0.6 is 0 Å². The Balaban J connectivity index is 1.23. The molecule has 0 aliphatic heterocycles. The summed E-state index contributed by atoms with van der Waals surface area (Å²) >= 11 is 0. The number of para-hydroxylation sites is 2. The fraction of sp³-hybridized carbons (Fsp3) is 0. The molecule has 11 aromatic rings. The van der Waals surface area contributed by atoms with E-state index >= 15 is 0 Å². The molecule has 62 heavy (non-hydrogen) atoms. The number of hydrogen-bond donors (Lipinski definition) is 0. The highest BCUT2D eigenvalue weighted by molar-refractivity contribution is 6.66. The van der Waals surface area contributed by atoms with Gasteiger partial charge >= 0.3 is 0 Å². The lowest BCUT2D eigenvalue weighted by molar-refractivity contribution is 0.670. The summed E-state index contributed by atoms with van der Waals surface area (Å²) in [5.41, 5.74) is 6.32. The molecule has 0 saturated heterocycles. The van der Waals surface area contributed by atoms with E-state index in [-0.39, 0.29) is 55.1 Å². The van der Waals surface area contributed by atoms with Gasteiger partial charge in [0, 0.05) is 33.1 Å². The maximum Gasteiger partial charge on any atom is 0.143 e. The van der Waals surface area contributed by atoms with Crippen LogP contribution in [-0.2, 0) is 0 Å². The molecule has 10 aromatic carbocycles. The summed E-state index contributed by atoms with van der Waals surface area (Å²) in [6.07, 6.45) is 0. The van der Waals surface area contributed by atoms with Gasteiger partial charge in [-0.15, -0.1) is 0 Å². The van der Waals surface area contributed by atoms with Crippen molar-refractivity contribution < 1.29 is 4.42 Å². The maximum absolute atomic E-state index is 7.32. The molecule has 0 aliphatic rings. The first-order valence-electron chi connectivity index (χ1n) is 20.2. The van der Waals surface area contributed by atoms with Crippen LogP contribution in [0.4, 0.5) is 17.1 Å². The third-order valence-corrected chi connectivity index (χ3v) is 12.4. The average molecular weight is 766 g/mol. The predicted octanol–water partition coefficient (Wildman–Crippen LogP) is 5.35. The molecule has 0 unspecified atom stereocenters. The largest absolute Gasteiger partial charge is 0.455 e. The molecule has 11 rings (SSSR count). The molecule has 16 radical (unpaired) electrons. The number of furan rings is 1. The van der Waals surface area contributed by atoms with E-state index in [0.29, 0.717) is 28.0 Å². The highest BCUT2D eigenvalue weighted by Gasteiger charge is 2.28. The van der Waals surface area contributed by atoms with Crippen LogP contribution in [0.5, 0.6) is 0 Å². The summed E-state index contributed by atoms with van der Waals surface area (Å²) in [4.78, 5) is 1.82. The van der Waals surface area contributed by atoms with Crippen molar-refractivity contribution in [2.75, 3.05) is 4.90 Å². The molecule has 10 heteroatoms. The van der Waals surface area contributed by atoms with Crippen molar-refractivity contribution in [3.05, 3.63) is 152 Å². The summed E-state index contributed by atoms with van der Waals surface area (Å²) in [6, 6.07) is 50.2. The molecule has 268 valence electrons. The zero-order valence-electron chi connectivity index (χ0n) is 33.4. The van der Waals surface area contributed by atoms with Crippen LogP contribution in [0, 0.1) is 0 Å².